The van der Waals surface area contributed by atoms with Crippen molar-refractivity contribution in [2.75, 3.05) is 20.3 Å². The molecule has 2 amide bonds. The van der Waals surface area contributed by atoms with Crippen LogP contribution in [0.1, 0.15) is 12.8 Å². The summed E-state index contributed by atoms with van der Waals surface area (Å²) < 4.78 is 4.85. The van der Waals surface area contributed by atoms with Crippen LogP contribution in [0.4, 0.5) is 0 Å². The quantitative estimate of drug-likeness (QED) is 0.669. The van der Waals surface area contributed by atoms with E-state index in [1.165, 1.54) is 11.1 Å². The van der Waals surface area contributed by atoms with E-state index in [4.69, 9.17) is 10.5 Å². The number of rotatable bonds is 4. The number of hydrogen-bond acceptors (Lipinski definition) is 3. The zero-order valence-corrected chi connectivity index (χ0v) is 8.16. The number of nitrogens with zero attached hydrogens (tertiary/aromatic N) is 1. The molecule has 78 valence electrons. The summed E-state index contributed by atoms with van der Waals surface area (Å²) >= 11 is 0. The highest BCUT2D eigenvalue weighted by molar-refractivity contribution is 5.94. The van der Waals surface area contributed by atoms with Gasteiger partial charge in [-0.25, -0.2) is 0 Å². The molecule has 14 heavy (non-hydrogen) atoms. The number of carbonyl (C=O) groups is 2. The highest BCUT2D eigenvalue weighted by Crippen LogP contribution is 2.14. The average molecular weight is 198 g/mol. The first kappa shape index (κ1) is 10.7. The molecule has 2 N–H and O–H groups in total. The molecule has 0 spiro atoms. The van der Waals surface area contributed by atoms with Crippen LogP contribution in [0.2, 0.25) is 0 Å². The van der Waals surface area contributed by atoms with Gasteiger partial charge in [0.1, 0.15) is 0 Å². The van der Waals surface area contributed by atoms with E-state index in [0.717, 1.165) is 0 Å². The van der Waals surface area contributed by atoms with Crippen LogP contribution in [0, 0.1) is 0 Å². The topological polar surface area (TPSA) is 72.6 Å². The van der Waals surface area contributed by atoms with Crippen LogP contribution in [0.15, 0.2) is 11.8 Å². The second kappa shape index (κ2) is 4.76. The molecule has 1 heterocycles. The molecule has 0 radical (unpaired) electrons. The van der Waals surface area contributed by atoms with Crippen molar-refractivity contribution in [2.45, 2.75) is 12.8 Å². The van der Waals surface area contributed by atoms with Gasteiger partial charge in [-0.3, -0.25) is 9.59 Å². The van der Waals surface area contributed by atoms with Crippen LogP contribution in [0.25, 0.3) is 0 Å². The van der Waals surface area contributed by atoms with Gasteiger partial charge in [0.2, 0.25) is 11.8 Å². The Morgan fingerprint density at radius 2 is 2.36 bits per heavy atom. The molecule has 0 aromatic carbocycles. The van der Waals surface area contributed by atoms with Crippen LogP contribution in [-0.4, -0.2) is 37.0 Å². The lowest BCUT2D eigenvalue weighted by Gasteiger charge is -2.23. The third kappa shape index (κ3) is 2.56. The number of carbonyl (C=O) groups excluding carboxylic acids is 2. The minimum atomic E-state index is -0.458. The molecular formula is C9H14N2O3. The lowest BCUT2D eigenvalue weighted by atomic mass is 10.1. The Bertz CT molecular complexity index is 273. The van der Waals surface area contributed by atoms with E-state index in [1.807, 2.05) is 0 Å². The van der Waals surface area contributed by atoms with E-state index in [9.17, 15) is 9.59 Å². The second-order valence-electron chi connectivity index (χ2n) is 3.10. The molecule has 0 saturated heterocycles. The van der Waals surface area contributed by atoms with Crippen molar-refractivity contribution in [3.63, 3.8) is 0 Å². The van der Waals surface area contributed by atoms with E-state index in [2.05, 4.69) is 0 Å². The van der Waals surface area contributed by atoms with Gasteiger partial charge < -0.3 is 15.4 Å². The Kier molecular flexibility index (Phi) is 3.64. The zero-order valence-electron chi connectivity index (χ0n) is 8.16. The molecule has 0 aromatic rings. The minimum absolute atomic E-state index is 0.00653. The lowest BCUT2D eigenvalue weighted by Crippen LogP contribution is -2.34. The molecule has 0 saturated carbocycles. The van der Waals surface area contributed by atoms with Crippen LogP contribution in [-0.2, 0) is 14.3 Å². The lowest BCUT2D eigenvalue weighted by molar-refractivity contribution is -0.130. The van der Waals surface area contributed by atoms with Gasteiger partial charge >= 0.3 is 0 Å². The fraction of sp³-hybridized carbons (Fsp3) is 0.556. The van der Waals surface area contributed by atoms with E-state index < -0.39 is 5.91 Å². The summed E-state index contributed by atoms with van der Waals surface area (Å²) in [5.74, 6) is -0.452. The van der Waals surface area contributed by atoms with Gasteiger partial charge in [0, 0.05) is 31.8 Å². The van der Waals surface area contributed by atoms with E-state index >= 15 is 0 Å². The number of methoxy groups -OCH3 is 1. The highest BCUT2D eigenvalue weighted by Gasteiger charge is 2.20. The average Bonchev–Trinajstić information content (AvgIpc) is 2.16. The number of amides is 2. The van der Waals surface area contributed by atoms with E-state index in [1.54, 1.807) is 7.11 Å². The second-order valence-corrected chi connectivity index (χ2v) is 3.10. The fourth-order valence-electron chi connectivity index (χ4n) is 1.28. The van der Waals surface area contributed by atoms with Crippen LogP contribution in [0.3, 0.4) is 0 Å². The number of hydrogen-bond donors (Lipinski definition) is 1. The molecule has 0 aromatic heterocycles. The highest BCUT2D eigenvalue weighted by atomic mass is 16.5. The number of ether oxygens (including phenoxy) is 1. The predicted octanol–water partition coefficient (Wildman–Crippen LogP) is -0.376. The summed E-state index contributed by atoms with van der Waals surface area (Å²) in [4.78, 5) is 23.7. The molecule has 1 aliphatic rings. The van der Waals surface area contributed by atoms with Gasteiger partial charge in [-0.2, -0.15) is 0 Å². The molecule has 0 unspecified atom stereocenters. The Labute approximate surface area is 82.5 Å². The third-order valence-corrected chi connectivity index (χ3v) is 2.09. The van der Waals surface area contributed by atoms with Gasteiger partial charge in [-0.05, 0) is 6.42 Å². The zero-order chi connectivity index (χ0) is 10.6. The Morgan fingerprint density at radius 1 is 1.64 bits per heavy atom. The smallest absolute Gasteiger partial charge is 0.246 e. The fourth-order valence-corrected chi connectivity index (χ4v) is 1.28. The minimum Gasteiger partial charge on any atom is -0.383 e. The molecule has 0 bridgehead atoms. The van der Waals surface area contributed by atoms with Crippen molar-refractivity contribution in [1.29, 1.82) is 0 Å². The SMILES string of the molecule is COCCN1C=C(C(N)=O)CCC1=O. The summed E-state index contributed by atoms with van der Waals surface area (Å²) in [5.41, 5.74) is 5.63. The third-order valence-electron chi connectivity index (χ3n) is 2.09. The molecule has 0 aliphatic carbocycles. The molecule has 1 aliphatic heterocycles. The molecule has 0 fully saturated rings. The van der Waals surface area contributed by atoms with Crippen molar-refractivity contribution in [3.8, 4) is 0 Å². The Morgan fingerprint density at radius 3 is 2.93 bits per heavy atom. The van der Waals surface area contributed by atoms with Gasteiger partial charge in [0.05, 0.1) is 6.61 Å². The summed E-state index contributed by atoms with van der Waals surface area (Å²) in [7, 11) is 1.56. The first-order chi connectivity index (χ1) is 6.65. The largest absolute Gasteiger partial charge is 0.383 e. The molecule has 1 rings (SSSR count). The van der Waals surface area contributed by atoms with Gasteiger partial charge in [0.25, 0.3) is 0 Å². The van der Waals surface area contributed by atoms with E-state index in [-0.39, 0.29) is 5.91 Å². The van der Waals surface area contributed by atoms with Gasteiger partial charge in [-0.1, -0.05) is 0 Å². The maximum Gasteiger partial charge on any atom is 0.246 e. The first-order valence-electron chi connectivity index (χ1n) is 4.44. The van der Waals surface area contributed by atoms with Gasteiger partial charge in [-0.15, -0.1) is 0 Å². The van der Waals surface area contributed by atoms with Crippen molar-refractivity contribution in [3.05, 3.63) is 11.8 Å². The number of primary amides is 1. The van der Waals surface area contributed by atoms with E-state index in [0.29, 0.717) is 31.6 Å². The molecule has 5 nitrogen and oxygen atoms in total. The van der Waals surface area contributed by atoms with Crippen molar-refractivity contribution < 1.29 is 14.3 Å². The monoisotopic (exact) mass is 198 g/mol. The van der Waals surface area contributed by atoms with Crippen LogP contribution in [0.5, 0.6) is 0 Å². The summed E-state index contributed by atoms with van der Waals surface area (Å²) in [6, 6.07) is 0. The predicted molar refractivity (Wildman–Crippen MR) is 50.1 cm³/mol. The molecular weight excluding hydrogens is 184 g/mol. The van der Waals surface area contributed by atoms with Crippen LogP contribution >= 0.6 is 0 Å². The maximum absolute atomic E-state index is 11.3. The van der Waals surface area contributed by atoms with Crippen molar-refractivity contribution >= 4 is 11.8 Å². The Balaban J connectivity index is 2.65. The summed E-state index contributed by atoms with van der Waals surface area (Å²) in [6.45, 7) is 0.917. The number of nitrogens with two attached hydrogens (primary N) is 1. The summed E-state index contributed by atoms with van der Waals surface area (Å²) in [6.07, 6.45) is 2.31. The van der Waals surface area contributed by atoms with Crippen molar-refractivity contribution in [1.82, 2.24) is 4.90 Å². The molecule has 5 heteroatoms. The van der Waals surface area contributed by atoms with Crippen LogP contribution < -0.4 is 5.73 Å². The standard InChI is InChI=1S/C9H14N2O3/c1-14-5-4-11-6-7(9(10)13)2-3-8(11)12/h6H,2-5H2,1H3,(H2,10,13). The maximum atomic E-state index is 11.3. The summed E-state index contributed by atoms with van der Waals surface area (Å²) in [5, 5.41) is 0. The van der Waals surface area contributed by atoms with Gasteiger partial charge in [0.15, 0.2) is 0 Å². The normalized spacial score (nSPS) is 16.8. The van der Waals surface area contributed by atoms with Crippen molar-refractivity contribution in [2.24, 2.45) is 5.73 Å². The Hall–Kier alpha value is -1.36. The first-order valence-corrected chi connectivity index (χ1v) is 4.44. The molecule has 0 atom stereocenters.